The average molecular weight is 265 g/mol. The molecule has 0 aliphatic heterocycles. The van der Waals surface area contributed by atoms with Gasteiger partial charge in [-0.3, -0.25) is 0 Å². The van der Waals surface area contributed by atoms with Gasteiger partial charge in [0.2, 0.25) is 0 Å². The fourth-order valence-electron chi connectivity index (χ4n) is 1.63. The number of aromatic nitrogens is 1. The zero-order valence-electron chi connectivity index (χ0n) is 9.85. The van der Waals surface area contributed by atoms with Gasteiger partial charge in [-0.05, 0) is 11.4 Å². The van der Waals surface area contributed by atoms with Crippen LogP contribution < -0.4 is 0 Å². The summed E-state index contributed by atoms with van der Waals surface area (Å²) in [7, 11) is 2.59. The quantitative estimate of drug-likeness (QED) is 0.865. The first-order valence-electron chi connectivity index (χ1n) is 5.11. The van der Waals surface area contributed by atoms with Gasteiger partial charge >= 0.3 is 11.9 Å². The van der Waals surface area contributed by atoms with E-state index in [1.807, 2.05) is 17.5 Å². The zero-order chi connectivity index (χ0) is 13.1. The Morgan fingerprint density at radius 3 is 2.50 bits per heavy atom. The molecule has 5 nitrogen and oxygen atoms in total. The van der Waals surface area contributed by atoms with Crippen LogP contribution in [0.1, 0.15) is 20.8 Å². The lowest BCUT2D eigenvalue weighted by molar-refractivity contribution is 0.0594. The summed E-state index contributed by atoms with van der Waals surface area (Å²) in [4.78, 5) is 26.9. The van der Waals surface area contributed by atoms with E-state index < -0.39 is 11.9 Å². The Kier molecular flexibility index (Phi) is 3.47. The fraction of sp³-hybridized carbons (Fsp3) is 0.167. The number of esters is 2. The second-order valence-corrected chi connectivity index (χ2v) is 4.36. The van der Waals surface area contributed by atoms with Crippen LogP contribution in [0.4, 0.5) is 0 Å². The molecule has 94 valence electrons. The molecular weight excluding hydrogens is 254 g/mol. The van der Waals surface area contributed by atoms with Gasteiger partial charge in [0.05, 0.1) is 19.8 Å². The summed E-state index contributed by atoms with van der Waals surface area (Å²) < 4.78 is 9.38. The number of methoxy groups -OCH3 is 2. The van der Waals surface area contributed by atoms with Gasteiger partial charge in [0.25, 0.3) is 0 Å². The summed E-state index contributed by atoms with van der Waals surface area (Å²) in [6, 6.07) is 3.67. The van der Waals surface area contributed by atoms with Crippen LogP contribution in [0.15, 0.2) is 23.7 Å². The van der Waals surface area contributed by atoms with Crippen LogP contribution in [0.25, 0.3) is 10.4 Å². The van der Waals surface area contributed by atoms with Gasteiger partial charge in [0.1, 0.15) is 5.69 Å². The van der Waals surface area contributed by atoms with Crippen LogP contribution in [-0.2, 0) is 9.47 Å². The molecule has 0 saturated carbocycles. The molecule has 0 fully saturated rings. The van der Waals surface area contributed by atoms with E-state index in [-0.39, 0.29) is 5.69 Å². The van der Waals surface area contributed by atoms with Gasteiger partial charge in [-0.25, -0.2) is 9.59 Å². The first kappa shape index (κ1) is 12.4. The van der Waals surface area contributed by atoms with Crippen LogP contribution in [-0.4, -0.2) is 31.1 Å². The summed E-state index contributed by atoms with van der Waals surface area (Å²) in [5.41, 5.74) is 1.09. The van der Waals surface area contributed by atoms with Crippen molar-refractivity contribution in [2.24, 2.45) is 0 Å². The predicted molar refractivity (Wildman–Crippen MR) is 66.8 cm³/mol. The van der Waals surface area contributed by atoms with Crippen LogP contribution in [0, 0.1) is 0 Å². The molecule has 2 heterocycles. The molecule has 0 radical (unpaired) electrons. The monoisotopic (exact) mass is 265 g/mol. The third-order valence-corrected chi connectivity index (χ3v) is 3.33. The highest BCUT2D eigenvalue weighted by molar-refractivity contribution is 7.13. The van der Waals surface area contributed by atoms with E-state index in [1.54, 1.807) is 0 Å². The van der Waals surface area contributed by atoms with Gasteiger partial charge in [-0.1, -0.05) is 6.07 Å². The van der Waals surface area contributed by atoms with Crippen molar-refractivity contribution in [1.29, 1.82) is 0 Å². The molecule has 2 aromatic heterocycles. The van der Waals surface area contributed by atoms with Crippen LogP contribution >= 0.6 is 11.3 Å². The second kappa shape index (κ2) is 5.05. The molecule has 0 aromatic carbocycles. The minimum absolute atomic E-state index is 0.250. The van der Waals surface area contributed by atoms with Crippen LogP contribution in [0.5, 0.6) is 0 Å². The molecule has 6 heteroatoms. The van der Waals surface area contributed by atoms with Crippen molar-refractivity contribution in [2.45, 2.75) is 0 Å². The maximum atomic E-state index is 11.7. The number of hydrogen-bond donors (Lipinski definition) is 1. The Morgan fingerprint density at radius 1 is 1.22 bits per heavy atom. The minimum atomic E-state index is -0.520. The maximum absolute atomic E-state index is 11.7. The Morgan fingerprint density at radius 2 is 1.94 bits per heavy atom. The lowest BCUT2D eigenvalue weighted by atomic mass is 10.1. The molecule has 1 N–H and O–H groups in total. The number of hydrogen-bond acceptors (Lipinski definition) is 5. The van der Waals surface area contributed by atoms with Crippen LogP contribution in [0.3, 0.4) is 0 Å². The number of nitrogens with one attached hydrogen (secondary N) is 1. The maximum Gasteiger partial charge on any atom is 0.355 e. The van der Waals surface area contributed by atoms with E-state index in [0.29, 0.717) is 11.1 Å². The molecule has 0 aliphatic carbocycles. The van der Waals surface area contributed by atoms with Crippen molar-refractivity contribution in [3.63, 3.8) is 0 Å². The van der Waals surface area contributed by atoms with Crippen molar-refractivity contribution in [2.75, 3.05) is 14.2 Å². The third-order valence-electron chi connectivity index (χ3n) is 2.44. The number of carbonyl (C=O) groups excluding carboxylic acids is 2. The molecule has 2 rings (SSSR count). The van der Waals surface area contributed by atoms with Crippen molar-refractivity contribution < 1.29 is 19.1 Å². The standard InChI is InChI=1S/C12H11NO4S/c1-16-11(14)7-6-13-10(12(15)17-2)9(7)8-4-3-5-18-8/h3-6,13H,1-2H3. The summed E-state index contributed by atoms with van der Waals surface area (Å²) in [5, 5.41) is 1.87. The van der Waals surface area contributed by atoms with E-state index in [4.69, 9.17) is 4.74 Å². The van der Waals surface area contributed by atoms with Crippen molar-refractivity contribution in [3.8, 4) is 10.4 Å². The number of ether oxygens (including phenoxy) is 2. The van der Waals surface area contributed by atoms with Gasteiger partial charge in [0.15, 0.2) is 0 Å². The van der Waals surface area contributed by atoms with Crippen LogP contribution in [0.2, 0.25) is 0 Å². The molecule has 18 heavy (non-hydrogen) atoms. The zero-order valence-corrected chi connectivity index (χ0v) is 10.7. The summed E-state index contributed by atoms with van der Waals surface area (Å²) in [5.74, 6) is -1.02. The van der Waals surface area contributed by atoms with Gasteiger partial charge in [-0.2, -0.15) is 0 Å². The predicted octanol–water partition coefficient (Wildman–Crippen LogP) is 2.32. The second-order valence-electron chi connectivity index (χ2n) is 3.41. The first-order valence-corrected chi connectivity index (χ1v) is 5.99. The Labute approximate surface area is 107 Å². The summed E-state index contributed by atoms with van der Waals surface area (Å²) >= 11 is 1.43. The van der Waals surface area contributed by atoms with Crippen molar-refractivity contribution in [1.82, 2.24) is 4.98 Å². The average Bonchev–Trinajstić information content (AvgIpc) is 3.04. The lowest BCUT2D eigenvalue weighted by Gasteiger charge is -2.03. The lowest BCUT2D eigenvalue weighted by Crippen LogP contribution is -2.05. The molecule has 0 unspecified atom stereocenters. The number of aromatic amines is 1. The van der Waals surface area contributed by atoms with Crippen molar-refractivity contribution >= 4 is 23.3 Å². The molecule has 0 spiro atoms. The Hall–Kier alpha value is -2.08. The highest BCUT2D eigenvalue weighted by atomic mass is 32.1. The molecule has 0 atom stereocenters. The molecule has 0 amide bonds. The number of H-pyrrole nitrogens is 1. The normalized spacial score (nSPS) is 10.1. The van der Waals surface area contributed by atoms with E-state index in [0.717, 1.165) is 4.88 Å². The summed E-state index contributed by atoms with van der Waals surface area (Å²) in [6.07, 6.45) is 1.45. The molecular formula is C12H11NO4S. The molecule has 0 saturated heterocycles. The summed E-state index contributed by atoms with van der Waals surface area (Å²) in [6.45, 7) is 0. The first-order chi connectivity index (χ1) is 8.69. The number of rotatable bonds is 3. The Bertz CT molecular complexity index is 537. The largest absolute Gasteiger partial charge is 0.465 e. The minimum Gasteiger partial charge on any atom is -0.465 e. The van der Waals surface area contributed by atoms with Gasteiger partial charge < -0.3 is 14.5 Å². The van der Waals surface area contributed by atoms with E-state index in [1.165, 1.54) is 31.8 Å². The third kappa shape index (κ3) is 2.02. The molecule has 2 aromatic rings. The van der Waals surface area contributed by atoms with Gasteiger partial charge in [0, 0.05) is 16.6 Å². The van der Waals surface area contributed by atoms with E-state index in [2.05, 4.69) is 9.72 Å². The number of thiophene rings is 1. The topological polar surface area (TPSA) is 68.4 Å². The SMILES string of the molecule is COC(=O)c1c[nH]c(C(=O)OC)c1-c1cccs1. The number of carbonyl (C=O) groups is 2. The van der Waals surface area contributed by atoms with Crippen molar-refractivity contribution in [3.05, 3.63) is 35.0 Å². The smallest absolute Gasteiger partial charge is 0.355 e. The van der Waals surface area contributed by atoms with E-state index in [9.17, 15) is 9.59 Å². The van der Waals surface area contributed by atoms with Gasteiger partial charge in [-0.15, -0.1) is 11.3 Å². The molecule has 0 aliphatic rings. The highest BCUT2D eigenvalue weighted by Crippen LogP contribution is 2.32. The Balaban J connectivity index is 2.60. The highest BCUT2D eigenvalue weighted by Gasteiger charge is 2.24. The van der Waals surface area contributed by atoms with E-state index >= 15 is 0 Å². The fourth-order valence-corrected chi connectivity index (χ4v) is 2.42. The molecule has 0 bridgehead atoms.